The molecule has 0 aromatic heterocycles. The van der Waals surface area contributed by atoms with Gasteiger partial charge in [-0.1, -0.05) is 25.0 Å². The van der Waals surface area contributed by atoms with Crippen molar-refractivity contribution in [2.24, 2.45) is 0 Å². The number of carbonyl (C=O) groups excluding carboxylic acids is 3. The maximum absolute atomic E-state index is 10.8. The van der Waals surface area contributed by atoms with Gasteiger partial charge in [-0.3, -0.25) is 4.79 Å². The van der Waals surface area contributed by atoms with Gasteiger partial charge in [0.1, 0.15) is 0 Å². The molecule has 1 aromatic carbocycles. The van der Waals surface area contributed by atoms with E-state index in [0.29, 0.717) is 36.4 Å². The molecule has 2 unspecified atom stereocenters. The number of ether oxygens (including phenoxy) is 3. The molecule has 4 aliphatic rings. The van der Waals surface area contributed by atoms with Crippen molar-refractivity contribution in [2.45, 2.75) is 63.6 Å². The lowest BCUT2D eigenvalue weighted by Crippen LogP contribution is -2.00. The van der Waals surface area contributed by atoms with Crippen LogP contribution in [0.2, 0.25) is 0 Å². The Kier molecular flexibility index (Phi) is 6.39. The third-order valence-corrected chi connectivity index (χ3v) is 4.76. The zero-order valence-corrected chi connectivity index (χ0v) is 14.8. The number of cyclic esters (lactones) is 3. The van der Waals surface area contributed by atoms with Crippen LogP contribution in [0.5, 0.6) is 0 Å². The van der Waals surface area contributed by atoms with Crippen LogP contribution in [0.3, 0.4) is 0 Å². The zero-order chi connectivity index (χ0) is 18.4. The predicted molar refractivity (Wildman–Crippen MR) is 92.7 cm³/mol. The second kappa shape index (κ2) is 8.94. The van der Waals surface area contributed by atoms with E-state index in [1.54, 1.807) is 24.3 Å². The normalized spacial score (nSPS) is 25.8. The van der Waals surface area contributed by atoms with Gasteiger partial charge in [0.25, 0.3) is 0 Å². The molecule has 5 rings (SSSR count). The van der Waals surface area contributed by atoms with E-state index in [0.717, 1.165) is 19.3 Å². The lowest BCUT2D eigenvalue weighted by atomic mass is 10.0. The maximum atomic E-state index is 10.8. The van der Waals surface area contributed by atoms with Gasteiger partial charge in [-0.15, -0.1) is 0 Å². The van der Waals surface area contributed by atoms with Crippen molar-refractivity contribution < 1.29 is 28.6 Å². The molecule has 6 heteroatoms. The number of rotatable bonds is 0. The smallest absolute Gasteiger partial charge is 0.346 e. The van der Waals surface area contributed by atoms with Gasteiger partial charge >= 0.3 is 17.9 Å². The van der Waals surface area contributed by atoms with Crippen molar-refractivity contribution in [3.05, 3.63) is 35.4 Å². The van der Waals surface area contributed by atoms with Crippen molar-refractivity contribution >= 4 is 17.9 Å². The van der Waals surface area contributed by atoms with E-state index in [-0.39, 0.29) is 5.97 Å². The highest BCUT2D eigenvalue weighted by Crippen LogP contribution is 2.35. The summed E-state index contributed by atoms with van der Waals surface area (Å²) in [5.74, 6) is -1.13. The quantitative estimate of drug-likeness (QED) is 0.400. The predicted octanol–water partition coefficient (Wildman–Crippen LogP) is 3.43. The van der Waals surface area contributed by atoms with Gasteiger partial charge in [0.2, 0.25) is 0 Å². The number of epoxide rings is 1. The molecular formula is C20H24O6. The molecule has 140 valence electrons. The number of esters is 3. The van der Waals surface area contributed by atoms with Crippen molar-refractivity contribution in [3.8, 4) is 0 Å². The van der Waals surface area contributed by atoms with Crippen LogP contribution in [0.25, 0.3) is 0 Å². The summed E-state index contributed by atoms with van der Waals surface area (Å²) in [5, 5.41) is 0. The summed E-state index contributed by atoms with van der Waals surface area (Å²) in [6, 6.07) is 6.53. The lowest BCUT2D eigenvalue weighted by molar-refractivity contribution is -0.142. The Morgan fingerprint density at radius 1 is 0.769 bits per heavy atom. The van der Waals surface area contributed by atoms with Crippen LogP contribution in [0.15, 0.2) is 24.3 Å². The molecule has 2 saturated heterocycles. The highest BCUT2D eigenvalue weighted by Gasteiger charge is 2.39. The Labute approximate surface area is 152 Å². The molecule has 2 atom stereocenters. The fraction of sp³-hybridized carbons (Fsp3) is 0.550. The third-order valence-electron chi connectivity index (χ3n) is 4.76. The van der Waals surface area contributed by atoms with E-state index < -0.39 is 11.9 Å². The van der Waals surface area contributed by atoms with Crippen LogP contribution in [-0.4, -0.2) is 36.7 Å². The van der Waals surface area contributed by atoms with Crippen molar-refractivity contribution in [3.63, 3.8) is 0 Å². The Balaban J connectivity index is 0.000000117. The van der Waals surface area contributed by atoms with Gasteiger partial charge in [-0.25, -0.2) is 9.59 Å². The van der Waals surface area contributed by atoms with Gasteiger partial charge in [-0.2, -0.15) is 0 Å². The first-order valence-electron chi connectivity index (χ1n) is 9.32. The second-order valence-corrected chi connectivity index (χ2v) is 6.75. The van der Waals surface area contributed by atoms with Crippen molar-refractivity contribution in [2.75, 3.05) is 6.61 Å². The number of hydrogen-bond donors (Lipinski definition) is 0. The SMILES string of the molecule is C1CCC2OC2C1.O=C1CCCCCO1.O=C1OC(=O)c2ccccc21. The van der Waals surface area contributed by atoms with E-state index in [1.165, 1.54) is 25.7 Å². The molecule has 3 fully saturated rings. The van der Waals surface area contributed by atoms with Crippen LogP contribution in [-0.2, 0) is 19.0 Å². The largest absolute Gasteiger partial charge is 0.466 e. The van der Waals surface area contributed by atoms with Crippen LogP contribution in [0, 0.1) is 0 Å². The average Bonchev–Trinajstić information content (AvgIpc) is 3.43. The molecule has 1 aromatic rings. The highest BCUT2D eigenvalue weighted by molar-refractivity contribution is 6.14. The molecule has 0 amide bonds. The van der Waals surface area contributed by atoms with E-state index in [2.05, 4.69) is 4.74 Å². The first kappa shape index (κ1) is 18.6. The lowest BCUT2D eigenvalue weighted by Gasteiger charge is -2.00. The molecule has 0 radical (unpaired) electrons. The number of hydrogen-bond acceptors (Lipinski definition) is 6. The van der Waals surface area contributed by atoms with E-state index in [4.69, 9.17) is 9.47 Å². The summed E-state index contributed by atoms with van der Waals surface area (Å²) in [5.41, 5.74) is 0.718. The van der Waals surface area contributed by atoms with E-state index >= 15 is 0 Å². The first-order valence-corrected chi connectivity index (χ1v) is 9.32. The molecule has 0 N–H and O–H groups in total. The Morgan fingerprint density at radius 3 is 1.96 bits per heavy atom. The zero-order valence-electron chi connectivity index (χ0n) is 14.8. The molecule has 1 aliphatic carbocycles. The summed E-state index contributed by atoms with van der Waals surface area (Å²) in [6.07, 6.45) is 10.7. The van der Waals surface area contributed by atoms with E-state index in [9.17, 15) is 14.4 Å². The van der Waals surface area contributed by atoms with Crippen LogP contribution in [0.4, 0.5) is 0 Å². The van der Waals surface area contributed by atoms with Crippen LogP contribution >= 0.6 is 0 Å². The fourth-order valence-corrected chi connectivity index (χ4v) is 3.22. The van der Waals surface area contributed by atoms with Gasteiger partial charge < -0.3 is 14.2 Å². The Bertz CT molecular complexity index is 615. The first-order chi connectivity index (χ1) is 12.6. The Morgan fingerprint density at radius 2 is 1.38 bits per heavy atom. The number of benzene rings is 1. The summed E-state index contributed by atoms with van der Waals surface area (Å²) in [6.45, 7) is 0.638. The van der Waals surface area contributed by atoms with Gasteiger partial charge in [0.15, 0.2) is 0 Å². The fourth-order valence-electron chi connectivity index (χ4n) is 3.22. The van der Waals surface area contributed by atoms with Crippen LogP contribution in [0.1, 0.15) is 72.1 Å². The molecule has 1 saturated carbocycles. The van der Waals surface area contributed by atoms with Crippen molar-refractivity contribution in [1.82, 2.24) is 0 Å². The number of carbonyl (C=O) groups is 3. The Hall–Kier alpha value is -2.21. The summed E-state index contributed by atoms with van der Waals surface area (Å²) < 4.78 is 14.4. The van der Waals surface area contributed by atoms with Gasteiger partial charge in [0.05, 0.1) is 29.9 Å². The average molecular weight is 360 g/mol. The van der Waals surface area contributed by atoms with Crippen LogP contribution < -0.4 is 0 Å². The summed E-state index contributed by atoms with van der Waals surface area (Å²) >= 11 is 0. The monoisotopic (exact) mass is 360 g/mol. The highest BCUT2D eigenvalue weighted by atomic mass is 16.6. The molecule has 3 aliphatic heterocycles. The van der Waals surface area contributed by atoms with Crippen molar-refractivity contribution in [1.29, 1.82) is 0 Å². The minimum Gasteiger partial charge on any atom is -0.466 e. The molecule has 26 heavy (non-hydrogen) atoms. The summed E-state index contributed by atoms with van der Waals surface area (Å²) in [7, 11) is 0. The molecular weight excluding hydrogens is 336 g/mol. The standard InChI is InChI=1S/C8H4O3.C6H10O2.C6H10O/c9-7-5-3-1-2-4-6(5)8(10)11-7;7-6-4-2-1-3-5-8-6;1-2-4-6-5(3-1)7-6/h1-4H;1-5H2;5-6H,1-4H2. The maximum Gasteiger partial charge on any atom is 0.346 e. The topological polar surface area (TPSA) is 82.2 Å². The minimum atomic E-state index is -0.550. The van der Waals surface area contributed by atoms with E-state index in [1.807, 2.05) is 0 Å². The second-order valence-electron chi connectivity index (χ2n) is 6.75. The molecule has 3 heterocycles. The number of fused-ring (bicyclic) bond motifs is 2. The molecule has 6 nitrogen and oxygen atoms in total. The minimum absolute atomic E-state index is 0.0255. The van der Waals surface area contributed by atoms with Gasteiger partial charge in [-0.05, 0) is 44.2 Å². The third kappa shape index (κ3) is 5.14. The summed E-state index contributed by atoms with van der Waals surface area (Å²) in [4.78, 5) is 32.1. The molecule has 0 spiro atoms. The van der Waals surface area contributed by atoms with Gasteiger partial charge in [0, 0.05) is 6.42 Å². The molecule has 0 bridgehead atoms.